The third-order valence-corrected chi connectivity index (χ3v) is 2.39. The average Bonchev–Trinajstić information content (AvgIpc) is 2.29. The van der Waals surface area contributed by atoms with Gasteiger partial charge in [-0.25, -0.2) is 0 Å². The number of hydrogen-bond acceptors (Lipinski definition) is 3. The van der Waals surface area contributed by atoms with Crippen LogP contribution in [0.3, 0.4) is 0 Å². The highest BCUT2D eigenvalue weighted by Crippen LogP contribution is 2.17. The summed E-state index contributed by atoms with van der Waals surface area (Å²) < 4.78 is 0. The smallest absolute Gasteiger partial charge is 0.108 e. The van der Waals surface area contributed by atoms with Gasteiger partial charge in [-0.1, -0.05) is 24.3 Å². The van der Waals surface area contributed by atoms with Gasteiger partial charge in [-0.05, 0) is 18.5 Å². The van der Waals surface area contributed by atoms with Crippen LogP contribution in [0.1, 0.15) is 11.8 Å². The van der Waals surface area contributed by atoms with Crippen molar-refractivity contribution in [2.45, 2.75) is 6.10 Å². The number of hydrogen-bond donors (Lipinski definition) is 2. The second-order valence-corrected chi connectivity index (χ2v) is 3.53. The van der Waals surface area contributed by atoms with Gasteiger partial charge in [-0.15, -0.1) is 0 Å². The Hall–Kier alpha value is -1.45. The summed E-state index contributed by atoms with van der Waals surface area (Å²) in [5.74, 6) is 0. The molecule has 0 aliphatic rings. The van der Waals surface area contributed by atoms with Crippen LogP contribution >= 0.6 is 0 Å². The van der Waals surface area contributed by atoms with E-state index in [9.17, 15) is 5.11 Å². The van der Waals surface area contributed by atoms with E-state index in [0.29, 0.717) is 12.2 Å². The first kappa shape index (κ1) is 10.1. The summed E-state index contributed by atoms with van der Waals surface area (Å²) in [6, 6.07) is 9.92. The molecule has 2 N–H and O–H groups in total. The van der Waals surface area contributed by atoms with Crippen LogP contribution in [0.2, 0.25) is 0 Å². The van der Waals surface area contributed by atoms with E-state index < -0.39 is 6.10 Å². The van der Waals surface area contributed by atoms with E-state index in [4.69, 9.17) is 0 Å². The van der Waals surface area contributed by atoms with E-state index in [-0.39, 0.29) is 0 Å². The lowest BCUT2D eigenvalue weighted by molar-refractivity contribution is 0.173. The summed E-state index contributed by atoms with van der Waals surface area (Å²) in [5, 5.41) is 14.9. The maximum atomic E-state index is 9.75. The molecule has 0 aliphatic heterocycles. The van der Waals surface area contributed by atoms with Gasteiger partial charge >= 0.3 is 0 Å². The topological polar surface area (TPSA) is 45.1 Å². The lowest BCUT2D eigenvalue weighted by atomic mass is 10.1. The molecule has 0 radical (unpaired) electrons. The van der Waals surface area contributed by atoms with Crippen LogP contribution in [0.15, 0.2) is 36.5 Å². The summed E-state index contributed by atoms with van der Waals surface area (Å²) in [6.07, 6.45) is 1.25. The van der Waals surface area contributed by atoms with Crippen molar-refractivity contribution in [2.24, 2.45) is 0 Å². The van der Waals surface area contributed by atoms with Crippen molar-refractivity contribution in [1.29, 1.82) is 0 Å². The number of likely N-dealkylation sites (N-methyl/N-ethyl adjacent to an activating group) is 1. The number of aliphatic hydroxyl groups is 1. The maximum Gasteiger partial charge on any atom is 0.108 e. The highest BCUT2D eigenvalue weighted by molar-refractivity contribution is 5.81. The predicted octanol–water partition coefficient (Wildman–Crippen LogP) is 1.49. The third-order valence-electron chi connectivity index (χ3n) is 2.39. The zero-order valence-corrected chi connectivity index (χ0v) is 8.64. The first-order valence-electron chi connectivity index (χ1n) is 4.98. The van der Waals surface area contributed by atoms with Gasteiger partial charge in [0.15, 0.2) is 0 Å². The molecule has 1 heterocycles. The van der Waals surface area contributed by atoms with Crippen molar-refractivity contribution in [3.8, 4) is 0 Å². The molecule has 0 amide bonds. The molecule has 1 unspecified atom stereocenters. The minimum absolute atomic E-state index is 0.519. The van der Waals surface area contributed by atoms with Crippen LogP contribution in [0.5, 0.6) is 0 Å². The normalized spacial score (nSPS) is 12.9. The first-order chi connectivity index (χ1) is 7.31. The van der Waals surface area contributed by atoms with Crippen molar-refractivity contribution in [2.75, 3.05) is 13.6 Å². The molecule has 15 heavy (non-hydrogen) atoms. The van der Waals surface area contributed by atoms with Crippen molar-refractivity contribution in [1.82, 2.24) is 10.3 Å². The summed E-state index contributed by atoms with van der Waals surface area (Å²) in [6.45, 7) is 0.519. The number of rotatable bonds is 3. The fourth-order valence-corrected chi connectivity index (χ4v) is 1.58. The van der Waals surface area contributed by atoms with Crippen LogP contribution in [0.4, 0.5) is 0 Å². The lowest BCUT2D eigenvalue weighted by Crippen LogP contribution is -2.17. The van der Waals surface area contributed by atoms with E-state index in [1.54, 1.807) is 6.20 Å². The molecule has 0 bridgehead atoms. The van der Waals surface area contributed by atoms with Crippen molar-refractivity contribution >= 4 is 10.8 Å². The molecular weight excluding hydrogens is 188 g/mol. The molecule has 3 heteroatoms. The zero-order valence-electron chi connectivity index (χ0n) is 8.64. The van der Waals surface area contributed by atoms with Crippen LogP contribution in [-0.2, 0) is 0 Å². The number of benzene rings is 1. The van der Waals surface area contributed by atoms with Crippen LogP contribution in [-0.4, -0.2) is 23.7 Å². The molecule has 2 rings (SSSR count). The summed E-state index contributed by atoms with van der Waals surface area (Å²) in [4.78, 5) is 4.24. The number of pyridine rings is 1. The van der Waals surface area contributed by atoms with Crippen molar-refractivity contribution in [3.05, 3.63) is 42.2 Å². The lowest BCUT2D eigenvalue weighted by Gasteiger charge is -2.09. The summed E-state index contributed by atoms with van der Waals surface area (Å²) >= 11 is 0. The first-order valence-corrected chi connectivity index (χ1v) is 4.98. The summed E-state index contributed by atoms with van der Waals surface area (Å²) in [7, 11) is 1.81. The number of fused-ring (bicyclic) bond motifs is 1. The van der Waals surface area contributed by atoms with Gasteiger partial charge in [0.2, 0.25) is 0 Å². The molecule has 0 fully saturated rings. The standard InChI is InChI=1S/C12H14N2O/c1-13-8-12(15)11-6-9-4-2-3-5-10(9)7-14-11/h2-7,12-13,15H,8H2,1H3. The Morgan fingerprint density at radius 1 is 1.33 bits per heavy atom. The van der Waals surface area contributed by atoms with Crippen LogP contribution < -0.4 is 5.32 Å². The third kappa shape index (κ3) is 2.14. The van der Waals surface area contributed by atoms with Crippen LogP contribution in [0.25, 0.3) is 10.8 Å². The molecule has 1 atom stereocenters. The highest BCUT2D eigenvalue weighted by atomic mass is 16.3. The molecule has 0 spiro atoms. The largest absolute Gasteiger partial charge is 0.385 e. The number of nitrogens with zero attached hydrogens (tertiary/aromatic N) is 1. The van der Waals surface area contributed by atoms with Crippen molar-refractivity contribution < 1.29 is 5.11 Å². The Morgan fingerprint density at radius 3 is 2.80 bits per heavy atom. The predicted molar refractivity (Wildman–Crippen MR) is 60.6 cm³/mol. The van der Waals surface area contributed by atoms with E-state index >= 15 is 0 Å². The summed E-state index contributed by atoms with van der Waals surface area (Å²) in [5.41, 5.74) is 0.711. The Labute approximate surface area is 88.8 Å². The van der Waals surface area contributed by atoms with Gasteiger partial charge in [-0.2, -0.15) is 0 Å². The Kier molecular flexibility index (Phi) is 2.94. The monoisotopic (exact) mass is 202 g/mol. The van der Waals surface area contributed by atoms with E-state index in [1.165, 1.54) is 0 Å². The number of aromatic nitrogens is 1. The molecule has 0 aliphatic carbocycles. The maximum absolute atomic E-state index is 9.75. The van der Waals surface area contributed by atoms with Gasteiger partial charge in [0, 0.05) is 18.1 Å². The van der Waals surface area contributed by atoms with Gasteiger partial charge < -0.3 is 10.4 Å². The SMILES string of the molecule is CNCC(O)c1cc2ccccc2cn1. The molecule has 0 saturated heterocycles. The second-order valence-electron chi connectivity index (χ2n) is 3.53. The van der Waals surface area contributed by atoms with E-state index in [2.05, 4.69) is 10.3 Å². The molecule has 0 saturated carbocycles. The molecule has 1 aromatic heterocycles. The van der Waals surface area contributed by atoms with Gasteiger partial charge in [0.25, 0.3) is 0 Å². The van der Waals surface area contributed by atoms with E-state index in [1.807, 2.05) is 37.4 Å². The molecule has 1 aromatic carbocycles. The Morgan fingerprint density at radius 2 is 2.07 bits per heavy atom. The molecular formula is C12H14N2O. The van der Waals surface area contributed by atoms with Gasteiger partial charge in [0.1, 0.15) is 6.10 Å². The minimum atomic E-state index is -0.542. The number of aliphatic hydroxyl groups excluding tert-OH is 1. The average molecular weight is 202 g/mol. The molecule has 2 aromatic rings. The minimum Gasteiger partial charge on any atom is -0.385 e. The zero-order chi connectivity index (χ0) is 10.7. The van der Waals surface area contributed by atoms with Crippen molar-refractivity contribution in [3.63, 3.8) is 0 Å². The highest BCUT2D eigenvalue weighted by Gasteiger charge is 2.07. The fourth-order valence-electron chi connectivity index (χ4n) is 1.58. The van der Waals surface area contributed by atoms with E-state index in [0.717, 1.165) is 10.8 Å². The fraction of sp³-hybridized carbons (Fsp3) is 0.250. The van der Waals surface area contributed by atoms with Gasteiger partial charge in [0.05, 0.1) is 5.69 Å². The quantitative estimate of drug-likeness (QED) is 0.792. The molecule has 3 nitrogen and oxygen atoms in total. The molecule has 78 valence electrons. The number of nitrogens with one attached hydrogen (secondary N) is 1. The van der Waals surface area contributed by atoms with Gasteiger partial charge in [-0.3, -0.25) is 4.98 Å². The Bertz CT molecular complexity index is 456. The Balaban J connectivity index is 2.38. The second kappa shape index (κ2) is 4.38. The van der Waals surface area contributed by atoms with Crippen LogP contribution in [0, 0.1) is 0 Å².